The molecule has 8 aromatic rings. The molecule has 88 heavy (non-hydrogen) atoms. The van der Waals surface area contributed by atoms with Crippen molar-refractivity contribution in [2.75, 3.05) is 41.0 Å². The first-order chi connectivity index (χ1) is 41.7. The summed E-state index contributed by atoms with van der Waals surface area (Å²) in [5, 5.41) is 45.9. The van der Waals surface area contributed by atoms with Crippen LogP contribution in [-0.4, -0.2) is 85.1 Å². The molecule has 0 amide bonds. The number of hydrogen-bond donors (Lipinski definition) is 2. The zero-order valence-corrected chi connectivity index (χ0v) is 53.0. The molecule has 2 aromatic heterocycles. The van der Waals surface area contributed by atoms with Gasteiger partial charge < -0.3 is 77.4 Å². The number of fused-ring (bicyclic) bond motifs is 4. The van der Waals surface area contributed by atoms with Gasteiger partial charge >= 0.3 is 71.1 Å². The van der Waals surface area contributed by atoms with Gasteiger partial charge in [-0.2, -0.15) is 0 Å². The summed E-state index contributed by atoms with van der Waals surface area (Å²) in [7, 11) is 2.98. The summed E-state index contributed by atoms with van der Waals surface area (Å²) in [5.74, 6) is -2.63. The van der Waals surface area contributed by atoms with Crippen LogP contribution in [-0.2, 0) is 33.3 Å². The van der Waals surface area contributed by atoms with E-state index in [-0.39, 0.29) is 120 Å². The number of aromatic carboxylic acids is 2. The smallest absolute Gasteiger partial charge is 0.550 e. The molecular formula is C66H56N2Na2O18. The van der Waals surface area contributed by atoms with Crippen LogP contribution in [0.2, 0.25) is 0 Å². The number of rotatable bonds is 20. The Balaban J connectivity index is 0.000000205. The summed E-state index contributed by atoms with van der Waals surface area (Å²) in [4.78, 5) is 58.4. The summed E-state index contributed by atoms with van der Waals surface area (Å²) >= 11 is 0. The molecule has 2 N–H and O–H groups in total. The Morgan fingerprint density at radius 3 is 1.26 bits per heavy atom. The van der Waals surface area contributed by atoms with Crippen molar-refractivity contribution in [1.29, 1.82) is 0 Å². The largest absolute Gasteiger partial charge is 1.00 e. The Morgan fingerprint density at radius 2 is 0.886 bits per heavy atom. The van der Waals surface area contributed by atoms with Gasteiger partial charge in [-0.25, -0.2) is 9.59 Å². The van der Waals surface area contributed by atoms with Gasteiger partial charge in [0.2, 0.25) is 13.6 Å². The van der Waals surface area contributed by atoms with Gasteiger partial charge in [0.1, 0.15) is 45.6 Å². The van der Waals surface area contributed by atoms with Gasteiger partial charge in [-0.1, -0.05) is 50.2 Å². The fourth-order valence-corrected chi connectivity index (χ4v) is 12.1. The summed E-state index contributed by atoms with van der Waals surface area (Å²) in [6, 6.07) is 34.5. The molecular weight excluding hydrogens is 1150 g/mol. The Morgan fingerprint density at radius 1 is 0.500 bits per heavy atom. The minimum Gasteiger partial charge on any atom is -0.550 e. The van der Waals surface area contributed by atoms with Crippen molar-refractivity contribution >= 4 is 23.9 Å². The van der Waals surface area contributed by atoms with Gasteiger partial charge in [0.05, 0.1) is 50.7 Å². The Labute approximate surface area is 549 Å². The summed E-state index contributed by atoms with van der Waals surface area (Å²) in [6.45, 7) is 5.13. The molecule has 20 nitrogen and oxygen atoms in total. The minimum atomic E-state index is -1.36. The van der Waals surface area contributed by atoms with Crippen LogP contribution >= 0.6 is 0 Å². The average Bonchev–Trinajstić information content (AvgIpc) is 1.51. The van der Waals surface area contributed by atoms with E-state index in [1.54, 1.807) is 72.8 Å². The van der Waals surface area contributed by atoms with Crippen molar-refractivity contribution in [3.05, 3.63) is 202 Å². The zero-order valence-electron chi connectivity index (χ0n) is 49.0. The molecule has 4 atom stereocenters. The van der Waals surface area contributed by atoms with Crippen molar-refractivity contribution in [3.8, 4) is 69.0 Å². The Bertz CT molecular complexity index is 3700. The third-order valence-electron chi connectivity index (χ3n) is 15.8. The van der Waals surface area contributed by atoms with E-state index in [9.17, 15) is 39.6 Å². The molecule has 0 radical (unpaired) electrons. The van der Waals surface area contributed by atoms with Crippen LogP contribution in [0.15, 0.2) is 146 Å². The van der Waals surface area contributed by atoms with Gasteiger partial charge in [-0.05, 0) is 132 Å². The Hall–Kier alpha value is -8.50. The molecule has 0 saturated carbocycles. The number of benzene rings is 6. The number of aromatic nitrogens is 2. The molecule has 0 bridgehead atoms. The molecule has 6 aromatic carbocycles. The number of carbonyl (C=O) groups excluding carboxylic acids is 2. The van der Waals surface area contributed by atoms with E-state index in [0.29, 0.717) is 92.6 Å². The zero-order chi connectivity index (χ0) is 60.3. The van der Waals surface area contributed by atoms with E-state index in [0.717, 1.165) is 24.0 Å². The predicted molar refractivity (Wildman–Crippen MR) is 302 cm³/mol. The number of pyridine rings is 2. The first-order valence-electron chi connectivity index (χ1n) is 27.5. The van der Waals surface area contributed by atoms with Crippen LogP contribution in [0, 0.1) is 11.8 Å². The number of methoxy groups -OCH3 is 2. The van der Waals surface area contributed by atoms with Gasteiger partial charge in [0, 0.05) is 59.4 Å². The third kappa shape index (κ3) is 11.9. The van der Waals surface area contributed by atoms with Crippen molar-refractivity contribution in [3.63, 3.8) is 0 Å². The first-order valence-corrected chi connectivity index (χ1v) is 27.5. The van der Waals surface area contributed by atoms with Crippen LogP contribution < -0.4 is 117 Å². The molecule has 4 aliphatic rings. The molecule has 0 fully saturated rings. The van der Waals surface area contributed by atoms with Gasteiger partial charge in [0.25, 0.3) is 0 Å². The van der Waals surface area contributed by atoms with E-state index in [2.05, 4.69) is 9.97 Å². The normalized spacial score (nSPS) is 17.7. The summed E-state index contributed by atoms with van der Waals surface area (Å²) in [5.41, 5.74) is 2.17. The second-order valence-electron chi connectivity index (χ2n) is 20.5. The number of ether oxygens (including phenoxy) is 10. The number of carbonyl (C=O) groups is 4. The molecule has 4 heterocycles. The molecule has 12 rings (SSSR count). The number of aliphatic carboxylic acids is 2. The third-order valence-corrected chi connectivity index (χ3v) is 15.8. The predicted octanol–water partition coefficient (Wildman–Crippen LogP) is 2.72. The molecule has 2 aliphatic carbocycles. The van der Waals surface area contributed by atoms with Gasteiger partial charge in [0.15, 0.2) is 34.5 Å². The van der Waals surface area contributed by atoms with E-state index < -0.39 is 46.5 Å². The Kier molecular flexibility index (Phi) is 19.8. The molecule has 0 saturated heterocycles. The van der Waals surface area contributed by atoms with E-state index >= 15 is 0 Å². The van der Waals surface area contributed by atoms with Gasteiger partial charge in [-0.15, -0.1) is 0 Å². The number of nitrogens with zero attached hydrogens (tertiary/aromatic N) is 2. The summed E-state index contributed by atoms with van der Waals surface area (Å²) in [6.07, 6.45) is 7.25. The second-order valence-corrected chi connectivity index (χ2v) is 20.5. The fourth-order valence-electron chi connectivity index (χ4n) is 12.1. The molecule has 4 unspecified atom stereocenters. The topological polar surface area (TPSA) is 273 Å². The first kappa shape index (κ1) is 64.0. The molecule has 0 spiro atoms. The average molecular weight is 1210 g/mol. The molecule has 440 valence electrons. The van der Waals surface area contributed by atoms with Crippen LogP contribution in [0.25, 0.3) is 0 Å². The molecule has 22 heteroatoms. The van der Waals surface area contributed by atoms with Crippen molar-refractivity contribution in [2.45, 2.75) is 50.4 Å². The monoisotopic (exact) mass is 1210 g/mol. The van der Waals surface area contributed by atoms with Crippen LogP contribution in [0.4, 0.5) is 0 Å². The number of carboxylic acids is 4. The standard InChI is InChI=1S/2C33H29NO9.2Na/c2*1-3-12-40-22-6-7-24-19(13-22)14-26(32(37)38)33(24,20-4-9-27-29(15-20)42-18-41-27)25-8-5-21(39-2)16-28(25)43-30-17-34-11-10-23(30)31(35)36;;/h2*4-11,13,15-17,26H,3,12,14,18H2,1-2H3,(H,35,36)(H,37,38);;/q;;2*+1/p-2. The van der Waals surface area contributed by atoms with Crippen LogP contribution in [0.1, 0.15) is 91.9 Å². The van der Waals surface area contributed by atoms with E-state index in [4.69, 9.17) is 47.4 Å². The number of hydrogen-bond acceptors (Lipinski definition) is 18. The van der Waals surface area contributed by atoms with E-state index in [1.165, 1.54) is 51.1 Å². The SMILES string of the molecule is CCCOc1ccc2c(c1)CC(C(=O)[O-])C2(c1ccc2c(c1)OCO2)c1ccc(OC)cc1Oc1cnccc1C(=O)O.CCCOc1ccc2c(c1)CC(C(=O)[O-])C2(c1ccc2c(c1)OCO2)c1ccc(OC)cc1Oc1cnccc1C(=O)O.[Na+].[Na+]. The van der Waals surface area contributed by atoms with Crippen molar-refractivity contribution < 1.29 is 146 Å². The maximum absolute atomic E-state index is 13.1. The maximum atomic E-state index is 13.1. The van der Waals surface area contributed by atoms with Crippen molar-refractivity contribution in [1.82, 2.24) is 9.97 Å². The minimum absolute atomic E-state index is 0. The van der Waals surface area contributed by atoms with Gasteiger partial charge in [-0.3, -0.25) is 9.97 Å². The quantitative estimate of drug-likeness (QED) is 0.104. The second kappa shape index (κ2) is 27.3. The van der Waals surface area contributed by atoms with Crippen molar-refractivity contribution in [2.24, 2.45) is 11.8 Å². The maximum Gasteiger partial charge on any atom is 1.00 e. The fraction of sp³-hybridized carbons (Fsp3) is 0.242. The van der Waals surface area contributed by atoms with E-state index in [1.807, 2.05) is 50.2 Å². The molecule has 2 aliphatic heterocycles. The summed E-state index contributed by atoms with van der Waals surface area (Å²) < 4.78 is 57.8. The van der Waals surface area contributed by atoms with Crippen LogP contribution in [0.3, 0.4) is 0 Å². The van der Waals surface area contributed by atoms with Crippen LogP contribution in [0.5, 0.6) is 69.0 Å². The number of carboxylic acid groups (broad SMARTS) is 4.